The largest absolute Gasteiger partial charge is 0.370 e. The van der Waals surface area contributed by atoms with Crippen LogP contribution in [0.5, 0.6) is 0 Å². The normalized spacial score (nSPS) is 20.0. The van der Waals surface area contributed by atoms with E-state index in [9.17, 15) is 9.18 Å². The molecule has 0 saturated carbocycles. The number of carbonyl (C=O) groups is 1. The molecule has 1 fully saturated rings. The van der Waals surface area contributed by atoms with E-state index in [1.807, 2.05) is 13.8 Å². The Morgan fingerprint density at radius 1 is 1.45 bits per heavy atom. The Balaban J connectivity index is 2.01. The van der Waals surface area contributed by atoms with Crippen LogP contribution in [0, 0.1) is 5.82 Å². The number of ether oxygens (including phenoxy) is 1. The summed E-state index contributed by atoms with van der Waals surface area (Å²) >= 11 is 0. The highest BCUT2D eigenvalue weighted by Gasteiger charge is 2.27. The van der Waals surface area contributed by atoms with Crippen molar-refractivity contribution in [2.45, 2.75) is 31.9 Å². The number of rotatable bonds is 3. The standard InChI is InChI=1S/C15H21FN2O2/c1-15(2,17)9-14(19)18-7-8-20-13(10-18)11-3-5-12(16)6-4-11/h3-6,13H,7-10,17H2,1-2H3. The van der Waals surface area contributed by atoms with Crippen LogP contribution in [0.25, 0.3) is 0 Å². The summed E-state index contributed by atoms with van der Waals surface area (Å²) in [6.45, 7) is 5.22. The first kappa shape index (κ1) is 14.9. The Morgan fingerprint density at radius 2 is 2.10 bits per heavy atom. The molecule has 1 atom stereocenters. The maximum Gasteiger partial charge on any atom is 0.224 e. The molecular weight excluding hydrogens is 259 g/mol. The lowest BCUT2D eigenvalue weighted by atomic mass is 10.0. The number of nitrogens with two attached hydrogens (primary N) is 1. The minimum Gasteiger partial charge on any atom is -0.370 e. The van der Waals surface area contributed by atoms with Crippen LogP contribution >= 0.6 is 0 Å². The lowest BCUT2D eigenvalue weighted by Gasteiger charge is -2.34. The molecule has 1 aromatic rings. The summed E-state index contributed by atoms with van der Waals surface area (Å²) in [5, 5.41) is 0. The van der Waals surface area contributed by atoms with Gasteiger partial charge in [-0.1, -0.05) is 12.1 Å². The van der Waals surface area contributed by atoms with Crippen molar-refractivity contribution in [3.05, 3.63) is 35.6 Å². The zero-order valence-corrected chi connectivity index (χ0v) is 11.9. The SMILES string of the molecule is CC(C)(N)CC(=O)N1CCOC(c2ccc(F)cc2)C1. The van der Waals surface area contributed by atoms with Gasteiger partial charge in [0.25, 0.3) is 0 Å². The van der Waals surface area contributed by atoms with Gasteiger partial charge in [0, 0.05) is 18.5 Å². The summed E-state index contributed by atoms with van der Waals surface area (Å²) in [6.07, 6.45) is 0.109. The molecule has 0 spiro atoms. The third-order valence-corrected chi connectivity index (χ3v) is 3.27. The van der Waals surface area contributed by atoms with Gasteiger partial charge >= 0.3 is 0 Å². The molecule has 5 heteroatoms. The van der Waals surface area contributed by atoms with E-state index in [0.717, 1.165) is 5.56 Å². The molecule has 1 amide bonds. The first-order chi connectivity index (χ1) is 9.35. The van der Waals surface area contributed by atoms with E-state index in [1.165, 1.54) is 12.1 Å². The molecule has 0 radical (unpaired) electrons. The van der Waals surface area contributed by atoms with Crippen molar-refractivity contribution in [1.29, 1.82) is 0 Å². The molecule has 1 unspecified atom stereocenters. The number of amides is 1. The molecular formula is C15H21FN2O2. The van der Waals surface area contributed by atoms with E-state index in [0.29, 0.717) is 26.1 Å². The first-order valence-corrected chi connectivity index (χ1v) is 6.79. The quantitative estimate of drug-likeness (QED) is 0.919. The van der Waals surface area contributed by atoms with Gasteiger partial charge in [0.2, 0.25) is 5.91 Å². The number of nitrogens with zero attached hydrogens (tertiary/aromatic N) is 1. The van der Waals surface area contributed by atoms with Crippen molar-refractivity contribution in [2.75, 3.05) is 19.7 Å². The molecule has 0 aromatic heterocycles. The lowest BCUT2D eigenvalue weighted by Crippen LogP contribution is -2.46. The van der Waals surface area contributed by atoms with Crippen molar-refractivity contribution >= 4 is 5.91 Å². The predicted molar refractivity (Wildman–Crippen MR) is 74.6 cm³/mol. The van der Waals surface area contributed by atoms with Gasteiger partial charge < -0.3 is 15.4 Å². The smallest absolute Gasteiger partial charge is 0.224 e. The average molecular weight is 280 g/mol. The van der Waals surface area contributed by atoms with Gasteiger partial charge in [-0.3, -0.25) is 4.79 Å². The minimum absolute atomic E-state index is 0.0351. The topological polar surface area (TPSA) is 55.6 Å². The molecule has 2 rings (SSSR count). The molecule has 20 heavy (non-hydrogen) atoms. The number of morpholine rings is 1. The monoisotopic (exact) mass is 280 g/mol. The number of benzene rings is 1. The molecule has 1 aliphatic rings. The maximum absolute atomic E-state index is 12.9. The van der Waals surface area contributed by atoms with Crippen molar-refractivity contribution in [2.24, 2.45) is 5.73 Å². The van der Waals surface area contributed by atoms with Crippen LogP contribution in [0.2, 0.25) is 0 Å². The molecule has 4 nitrogen and oxygen atoms in total. The Morgan fingerprint density at radius 3 is 2.70 bits per heavy atom. The predicted octanol–water partition coefficient (Wildman–Crippen LogP) is 1.85. The van der Waals surface area contributed by atoms with Gasteiger partial charge in [0.15, 0.2) is 0 Å². The minimum atomic E-state index is -0.513. The lowest BCUT2D eigenvalue weighted by molar-refractivity contribution is -0.140. The Kier molecular flexibility index (Phi) is 4.40. The fourth-order valence-corrected chi connectivity index (χ4v) is 2.26. The molecule has 1 aliphatic heterocycles. The molecule has 110 valence electrons. The van der Waals surface area contributed by atoms with Crippen LogP contribution < -0.4 is 5.73 Å². The van der Waals surface area contributed by atoms with E-state index in [1.54, 1.807) is 17.0 Å². The fraction of sp³-hybridized carbons (Fsp3) is 0.533. The Labute approximate surface area is 118 Å². The van der Waals surface area contributed by atoms with Crippen LogP contribution in [0.4, 0.5) is 4.39 Å². The van der Waals surface area contributed by atoms with Crippen LogP contribution in [-0.2, 0) is 9.53 Å². The first-order valence-electron chi connectivity index (χ1n) is 6.79. The van der Waals surface area contributed by atoms with E-state index >= 15 is 0 Å². The number of hydrogen-bond acceptors (Lipinski definition) is 3. The van der Waals surface area contributed by atoms with Crippen molar-refractivity contribution < 1.29 is 13.9 Å². The zero-order chi connectivity index (χ0) is 14.8. The summed E-state index contributed by atoms with van der Waals surface area (Å²) < 4.78 is 18.6. The highest BCUT2D eigenvalue weighted by molar-refractivity contribution is 5.77. The maximum atomic E-state index is 12.9. The van der Waals surface area contributed by atoms with Crippen molar-refractivity contribution in [3.8, 4) is 0 Å². The van der Waals surface area contributed by atoms with Crippen LogP contribution in [-0.4, -0.2) is 36.0 Å². The molecule has 0 aliphatic carbocycles. The molecule has 0 bridgehead atoms. The van der Waals surface area contributed by atoms with E-state index < -0.39 is 5.54 Å². The second kappa shape index (κ2) is 5.89. The van der Waals surface area contributed by atoms with Gasteiger partial charge in [-0.2, -0.15) is 0 Å². The van der Waals surface area contributed by atoms with Gasteiger partial charge in [-0.15, -0.1) is 0 Å². The second-order valence-corrected chi connectivity index (χ2v) is 5.92. The summed E-state index contributed by atoms with van der Waals surface area (Å²) in [7, 11) is 0. The molecule has 1 heterocycles. The number of hydrogen-bond donors (Lipinski definition) is 1. The third-order valence-electron chi connectivity index (χ3n) is 3.27. The Bertz CT molecular complexity index is 468. The fourth-order valence-electron chi connectivity index (χ4n) is 2.26. The second-order valence-electron chi connectivity index (χ2n) is 5.92. The highest BCUT2D eigenvalue weighted by atomic mass is 19.1. The van der Waals surface area contributed by atoms with Crippen molar-refractivity contribution in [1.82, 2.24) is 4.90 Å². The van der Waals surface area contributed by atoms with Gasteiger partial charge in [-0.05, 0) is 31.5 Å². The summed E-state index contributed by atoms with van der Waals surface area (Å²) in [4.78, 5) is 13.9. The summed E-state index contributed by atoms with van der Waals surface area (Å²) in [6, 6.07) is 6.20. The molecule has 1 aromatic carbocycles. The van der Waals surface area contributed by atoms with Crippen LogP contribution in [0.15, 0.2) is 24.3 Å². The van der Waals surface area contributed by atoms with Crippen LogP contribution in [0.1, 0.15) is 31.9 Å². The van der Waals surface area contributed by atoms with Crippen LogP contribution in [0.3, 0.4) is 0 Å². The van der Waals surface area contributed by atoms with E-state index in [2.05, 4.69) is 0 Å². The molecule has 2 N–H and O–H groups in total. The molecule has 1 saturated heterocycles. The van der Waals surface area contributed by atoms with Gasteiger partial charge in [-0.25, -0.2) is 4.39 Å². The third kappa shape index (κ3) is 4.02. The van der Waals surface area contributed by atoms with Gasteiger partial charge in [0.1, 0.15) is 11.9 Å². The Hall–Kier alpha value is -1.46. The summed E-state index contributed by atoms with van der Waals surface area (Å²) in [5.74, 6) is -0.240. The summed E-state index contributed by atoms with van der Waals surface area (Å²) in [5.41, 5.74) is 6.26. The van der Waals surface area contributed by atoms with E-state index in [-0.39, 0.29) is 17.8 Å². The zero-order valence-electron chi connectivity index (χ0n) is 11.9. The number of carbonyl (C=O) groups excluding carboxylic acids is 1. The van der Waals surface area contributed by atoms with Gasteiger partial charge in [0.05, 0.1) is 13.2 Å². The van der Waals surface area contributed by atoms with E-state index in [4.69, 9.17) is 10.5 Å². The van der Waals surface area contributed by atoms with Crippen molar-refractivity contribution in [3.63, 3.8) is 0 Å². The number of halogens is 1. The highest BCUT2D eigenvalue weighted by Crippen LogP contribution is 2.23. The average Bonchev–Trinajstić information content (AvgIpc) is 2.38.